The summed E-state index contributed by atoms with van der Waals surface area (Å²) in [5.74, 6) is 1.21. The Bertz CT molecular complexity index is 689. The SMILES string of the molecule is CNC(C(C)=CN)=C(N)C=CC(=N)N(C)CC1CC12CCN(CCC(C)(C)C)CC2. The molecule has 0 amide bonds. The summed E-state index contributed by atoms with van der Waals surface area (Å²) in [7, 11) is 3.84. The number of likely N-dealkylation sites (N-methyl/N-ethyl adjacent to an activating group) is 2. The number of allylic oxidation sites excluding steroid dienone is 2. The average Bonchev–Trinajstić information content (AvgIpc) is 3.36. The Morgan fingerprint density at radius 1 is 1.27 bits per heavy atom. The van der Waals surface area contributed by atoms with E-state index in [0.717, 1.165) is 17.8 Å². The van der Waals surface area contributed by atoms with Gasteiger partial charge in [0.2, 0.25) is 0 Å². The highest BCUT2D eigenvalue weighted by atomic mass is 15.2. The van der Waals surface area contributed by atoms with Crippen LogP contribution in [0.4, 0.5) is 0 Å². The fourth-order valence-corrected chi connectivity index (χ4v) is 4.48. The lowest BCUT2D eigenvalue weighted by Crippen LogP contribution is -2.38. The Balaban J connectivity index is 1.82. The minimum Gasteiger partial charge on any atom is -0.404 e. The van der Waals surface area contributed by atoms with Gasteiger partial charge in [-0.3, -0.25) is 5.41 Å². The topological polar surface area (TPSA) is 94.4 Å². The second-order valence-electron chi connectivity index (χ2n) is 10.4. The van der Waals surface area contributed by atoms with Crippen LogP contribution in [0.5, 0.6) is 0 Å². The van der Waals surface area contributed by atoms with Crippen LogP contribution in [0.3, 0.4) is 0 Å². The van der Waals surface area contributed by atoms with Crippen LogP contribution in [0.15, 0.2) is 35.3 Å². The highest BCUT2D eigenvalue weighted by Crippen LogP contribution is 2.59. The second-order valence-corrected chi connectivity index (χ2v) is 10.4. The number of nitrogens with one attached hydrogen (secondary N) is 2. The van der Waals surface area contributed by atoms with Crippen LogP contribution < -0.4 is 16.8 Å². The molecule has 6 heteroatoms. The van der Waals surface area contributed by atoms with E-state index in [-0.39, 0.29) is 0 Å². The third kappa shape index (κ3) is 6.53. The maximum atomic E-state index is 8.40. The Morgan fingerprint density at radius 2 is 1.90 bits per heavy atom. The zero-order valence-electron chi connectivity index (χ0n) is 20.0. The first-order chi connectivity index (χ1) is 14.0. The van der Waals surface area contributed by atoms with Crippen molar-refractivity contribution >= 4 is 5.84 Å². The molecule has 0 radical (unpaired) electrons. The molecule has 1 spiro atoms. The van der Waals surface area contributed by atoms with Crippen LogP contribution in [-0.2, 0) is 0 Å². The molecule has 0 bridgehead atoms. The molecular weight excluding hydrogens is 372 g/mol. The molecule has 1 unspecified atom stereocenters. The van der Waals surface area contributed by atoms with Crippen molar-refractivity contribution in [3.05, 3.63) is 35.3 Å². The van der Waals surface area contributed by atoms with Gasteiger partial charge in [-0.25, -0.2) is 0 Å². The van der Waals surface area contributed by atoms with Crippen molar-refractivity contribution in [3.63, 3.8) is 0 Å². The molecular formula is C24H44N6. The van der Waals surface area contributed by atoms with Gasteiger partial charge in [0.1, 0.15) is 5.84 Å². The van der Waals surface area contributed by atoms with E-state index >= 15 is 0 Å². The number of nitrogens with two attached hydrogens (primary N) is 2. The standard InChI is InChI=1S/C24H44N6/c1-18(16-25)22(28-5)20(26)7-8-21(27)29(6)17-19-15-24(19)10-13-30(14-11-24)12-9-23(2,3)4/h7-8,16,19,27-28H,9-15,17,25-26H2,1-6H3. The van der Waals surface area contributed by atoms with Gasteiger partial charge in [0.15, 0.2) is 0 Å². The van der Waals surface area contributed by atoms with Crippen molar-refractivity contribution in [2.24, 2.45) is 28.2 Å². The molecule has 0 aromatic carbocycles. The molecule has 2 fully saturated rings. The van der Waals surface area contributed by atoms with Crippen LogP contribution in [0.1, 0.15) is 53.4 Å². The van der Waals surface area contributed by atoms with Gasteiger partial charge in [-0.1, -0.05) is 20.8 Å². The fraction of sp³-hybridized carbons (Fsp3) is 0.708. The van der Waals surface area contributed by atoms with Crippen LogP contribution in [0, 0.1) is 22.2 Å². The molecule has 6 nitrogen and oxygen atoms in total. The Morgan fingerprint density at radius 3 is 2.43 bits per heavy atom. The molecule has 1 aliphatic carbocycles. The summed E-state index contributed by atoms with van der Waals surface area (Å²) in [4.78, 5) is 4.70. The first-order valence-electron chi connectivity index (χ1n) is 11.3. The summed E-state index contributed by atoms with van der Waals surface area (Å²) >= 11 is 0. The molecule has 1 heterocycles. The predicted octanol–water partition coefficient (Wildman–Crippen LogP) is 3.24. The molecule has 0 aromatic rings. The Hall–Kier alpha value is -1.95. The molecule has 1 aliphatic heterocycles. The monoisotopic (exact) mass is 416 g/mol. The summed E-state index contributed by atoms with van der Waals surface area (Å²) in [6.07, 6.45) is 10.3. The maximum Gasteiger partial charge on any atom is 0.120 e. The number of likely N-dealkylation sites (tertiary alicyclic amines) is 1. The molecule has 0 aromatic heterocycles. The van der Waals surface area contributed by atoms with Crippen molar-refractivity contribution in [1.29, 1.82) is 5.41 Å². The minimum atomic E-state index is 0.416. The number of hydrogen-bond acceptors (Lipinski definition) is 5. The summed E-state index contributed by atoms with van der Waals surface area (Å²) in [5, 5.41) is 11.5. The van der Waals surface area contributed by atoms with E-state index in [1.54, 1.807) is 12.2 Å². The van der Waals surface area contributed by atoms with Gasteiger partial charge in [-0.05, 0) is 92.9 Å². The second kappa shape index (κ2) is 9.90. The summed E-state index contributed by atoms with van der Waals surface area (Å²) in [5.41, 5.74) is 15.0. The van der Waals surface area contributed by atoms with E-state index < -0.39 is 0 Å². The van der Waals surface area contributed by atoms with E-state index in [2.05, 4.69) is 35.9 Å². The van der Waals surface area contributed by atoms with Crippen LogP contribution in [-0.4, -0.2) is 55.9 Å². The van der Waals surface area contributed by atoms with E-state index in [9.17, 15) is 0 Å². The van der Waals surface area contributed by atoms with E-state index in [0.29, 0.717) is 28.3 Å². The Labute approximate surface area is 183 Å². The maximum absolute atomic E-state index is 8.40. The summed E-state index contributed by atoms with van der Waals surface area (Å²) in [6.45, 7) is 13.5. The van der Waals surface area contributed by atoms with E-state index in [4.69, 9.17) is 16.9 Å². The third-order valence-corrected chi connectivity index (χ3v) is 6.90. The van der Waals surface area contributed by atoms with Gasteiger partial charge in [0, 0.05) is 20.6 Å². The molecule has 2 aliphatic rings. The summed E-state index contributed by atoms with van der Waals surface area (Å²) < 4.78 is 0. The normalized spacial score (nSPS) is 22.9. The number of amidine groups is 1. The van der Waals surface area contributed by atoms with Crippen LogP contribution in [0.25, 0.3) is 0 Å². The van der Waals surface area contributed by atoms with Crippen molar-refractivity contribution in [1.82, 2.24) is 15.1 Å². The molecule has 1 saturated carbocycles. The van der Waals surface area contributed by atoms with Crippen molar-refractivity contribution in [3.8, 4) is 0 Å². The van der Waals surface area contributed by atoms with Crippen molar-refractivity contribution < 1.29 is 0 Å². The molecule has 6 N–H and O–H groups in total. The van der Waals surface area contributed by atoms with E-state index in [1.165, 1.54) is 51.5 Å². The first-order valence-corrected chi connectivity index (χ1v) is 11.3. The van der Waals surface area contributed by atoms with Gasteiger partial charge < -0.3 is 26.6 Å². The van der Waals surface area contributed by atoms with Crippen molar-refractivity contribution in [2.75, 3.05) is 40.3 Å². The number of nitrogens with zero attached hydrogens (tertiary/aromatic N) is 2. The van der Waals surface area contributed by atoms with Gasteiger partial charge in [-0.2, -0.15) is 0 Å². The lowest BCUT2D eigenvalue weighted by Gasteiger charge is -2.35. The zero-order chi connectivity index (χ0) is 22.5. The first kappa shape index (κ1) is 24.3. The molecule has 170 valence electrons. The quantitative estimate of drug-likeness (QED) is 0.277. The van der Waals surface area contributed by atoms with E-state index in [1.807, 2.05) is 21.0 Å². The molecule has 30 heavy (non-hydrogen) atoms. The van der Waals surface area contributed by atoms with Gasteiger partial charge in [-0.15, -0.1) is 0 Å². The minimum absolute atomic E-state index is 0.416. The average molecular weight is 417 g/mol. The third-order valence-electron chi connectivity index (χ3n) is 6.90. The highest BCUT2D eigenvalue weighted by Gasteiger charge is 2.54. The lowest BCUT2D eigenvalue weighted by atomic mass is 9.88. The lowest BCUT2D eigenvalue weighted by molar-refractivity contribution is 0.144. The molecule has 1 saturated heterocycles. The molecule has 2 rings (SSSR count). The van der Waals surface area contributed by atoms with Crippen LogP contribution >= 0.6 is 0 Å². The van der Waals surface area contributed by atoms with Crippen LogP contribution in [0.2, 0.25) is 0 Å². The Kier molecular flexibility index (Phi) is 8.03. The van der Waals surface area contributed by atoms with Gasteiger partial charge in [0.05, 0.1) is 11.4 Å². The van der Waals surface area contributed by atoms with Gasteiger partial charge >= 0.3 is 0 Å². The summed E-state index contributed by atoms with van der Waals surface area (Å²) in [6, 6.07) is 0. The predicted molar refractivity (Wildman–Crippen MR) is 128 cm³/mol. The van der Waals surface area contributed by atoms with Crippen molar-refractivity contribution in [2.45, 2.75) is 53.4 Å². The smallest absolute Gasteiger partial charge is 0.120 e. The highest BCUT2D eigenvalue weighted by molar-refractivity contribution is 5.90. The van der Waals surface area contributed by atoms with Gasteiger partial charge in [0.25, 0.3) is 0 Å². The largest absolute Gasteiger partial charge is 0.404 e. The zero-order valence-corrected chi connectivity index (χ0v) is 20.0. The number of rotatable bonds is 8. The fourth-order valence-electron chi connectivity index (χ4n) is 4.48. The number of piperidine rings is 1. The molecule has 1 atom stereocenters. The number of hydrogen-bond donors (Lipinski definition) is 4.